The lowest BCUT2D eigenvalue weighted by Crippen LogP contribution is -2.46. The van der Waals surface area contributed by atoms with E-state index < -0.39 is 12.1 Å². The molecule has 33 heavy (non-hydrogen) atoms. The van der Waals surface area contributed by atoms with Gasteiger partial charge >= 0.3 is 12.1 Å². The van der Waals surface area contributed by atoms with Gasteiger partial charge in [0.15, 0.2) is 0 Å². The van der Waals surface area contributed by atoms with Gasteiger partial charge in [0.1, 0.15) is 6.61 Å². The van der Waals surface area contributed by atoms with Gasteiger partial charge in [-0.1, -0.05) is 48.5 Å². The van der Waals surface area contributed by atoms with E-state index in [9.17, 15) is 14.4 Å². The Balaban J connectivity index is 1.22. The van der Waals surface area contributed by atoms with Crippen LogP contribution in [0.1, 0.15) is 49.7 Å². The first-order chi connectivity index (χ1) is 16.0. The molecule has 1 saturated carbocycles. The monoisotopic (exact) mass is 450 g/mol. The molecule has 0 saturated heterocycles. The number of fused-ring (bicyclic) bond motifs is 3. The first-order valence-corrected chi connectivity index (χ1v) is 11.6. The molecule has 4 rings (SSSR count). The number of aliphatic carboxylic acids is 1. The van der Waals surface area contributed by atoms with Gasteiger partial charge in [-0.25, -0.2) is 4.79 Å². The summed E-state index contributed by atoms with van der Waals surface area (Å²) in [4.78, 5) is 37.1. The third kappa shape index (κ3) is 5.18. The summed E-state index contributed by atoms with van der Waals surface area (Å²) in [6.07, 6.45) is 1.37. The molecule has 2 aliphatic carbocycles. The number of hydrogen-bond donors (Lipinski definition) is 2. The Morgan fingerprint density at radius 3 is 2.21 bits per heavy atom. The molecule has 2 aliphatic rings. The van der Waals surface area contributed by atoms with Gasteiger partial charge < -0.3 is 20.1 Å². The van der Waals surface area contributed by atoms with Crippen molar-refractivity contribution in [2.45, 2.75) is 44.6 Å². The van der Waals surface area contributed by atoms with Crippen molar-refractivity contribution in [3.8, 4) is 11.1 Å². The van der Waals surface area contributed by atoms with Crippen molar-refractivity contribution in [2.24, 2.45) is 5.92 Å². The number of alkyl carbamates (subject to hydrolysis) is 1. The van der Waals surface area contributed by atoms with Gasteiger partial charge in [-0.3, -0.25) is 9.59 Å². The first kappa shape index (κ1) is 22.8. The number of nitrogens with one attached hydrogen (secondary N) is 1. The van der Waals surface area contributed by atoms with Crippen LogP contribution in [0.3, 0.4) is 0 Å². The second-order valence-corrected chi connectivity index (χ2v) is 8.83. The fraction of sp³-hybridized carbons (Fsp3) is 0.423. The van der Waals surface area contributed by atoms with Crippen LogP contribution in [0.25, 0.3) is 11.1 Å². The first-order valence-electron chi connectivity index (χ1n) is 11.6. The Labute approximate surface area is 193 Å². The maximum atomic E-state index is 12.4. The fourth-order valence-electron chi connectivity index (χ4n) is 4.89. The summed E-state index contributed by atoms with van der Waals surface area (Å²) in [6, 6.07) is 16.5. The summed E-state index contributed by atoms with van der Waals surface area (Å²) in [7, 11) is 0. The highest BCUT2D eigenvalue weighted by Gasteiger charge is 2.34. The zero-order chi connectivity index (χ0) is 23.4. The Bertz CT molecular complexity index is 985. The molecule has 2 amide bonds. The number of carbonyl (C=O) groups excluding carboxylic acids is 2. The van der Waals surface area contributed by atoms with E-state index in [1.165, 1.54) is 22.3 Å². The lowest BCUT2D eigenvalue weighted by atomic mass is 9.78. The third-order valence-electron chi connectivity index (χ3n) is 6.69. The quantitative estimate of drug-likeness (QED) is 0.602. The number of carboxylic acid groups (broad SMARTS) is 1. The maximum Gasteiger partial charge on any atom is 0.407 e. The Kier molecular flexibility index (Phi) is 6.96. The third-order valence-corrected chi connectivity index (χ3v) is 6.69. The highest BCUT2D eigenvalue weighted by molar-refractivity contribution is 5.79. The number of hydrogen-bond acceptors (Lipinski definition) is 4. The topological polar surface area (TPSA) is 95.9 Å². The normalized spacial score (nSPS) is 18.6. The number of nitrogens with zero attached hydrogens (tertiary/aromatic N) is 1. The van der Waals surface area contributed by atoms with Crippen LogP contribution in [0.15, 0.2) is 48.5 Å². The molecule has 0 unspecified atom stereocenters. The van der Waals surface area contributed by atoms with E-state index in [1.54, 1.807) is 4.90 Å². The van der Waals surface area contributed by atoms with Crippen LogP contribution in [-0.4, -0.2) is 53.7 Å². The van der Waals surface area contributed by atoms with Crippen molar-refractivity contribution in [3.05, 3.63) is 59.7 Å². The van der Waals surface area contributed by atoms with E-state index in [-0.39, 0.29) is 43.4 Å². The molecule has 2 N–H and O–H groups in total. The maximum absolute atomic E-state index is 12.4. The number of rotatable bonds is 9. The zero-order valence-electron chi connectivity index (χ0n) is 18.8. The van der Waals surface area contributed by atoms with Crippen molar-refractivity contribution in [2.75, 3.05) is 19.7 Å². The van der Waals surface area contributed by atoms with Gasteiger partial charge in [-0.05, 0) is 47.9 Å². The lowest BCUT2D eigenvalue weighted by Gasteiger charge is -2.36. The summed E-state index contributed by atoms with van der Waals surface area (Å²) in [5, 5.41) is 11.7. The number of carbonyl (C=O) groups is 3. The van der Waals surface area contributed by atoms with Gasteiger partial charge in [0.2, 0.25) is 5.91 Å². The largest absolute Gasteiger partial charge is 0.481 e. The average molecular weight is 451 g/mol. The average Bonchev–Trinajstić information content (AvgIpc) is 3.10. The van der Waals surface area contributed by atoms with E-state index >= 15 is 0 Å². The van der Waals surface area contributed by atoms with Crippen LogP contribution >= 0.6 is 0 Å². The molecule has 0 aromatic heterocycles. The van der Waals surface area contributed by atoms with Gasteiger partial charge in [0.25, 0.3) is 0 Å². The number of carboxylic acids is 1. The van der Waals surface area contributed by atoms with Crippen molar-refractivity contribution >= 4 is 18.0 Å². The molecule has 0 aliphatic heterocycles. The van der Waals surface area contributed by atoms with Crippen molar-refractivity contribution in [1.29, 1.82) is 0 Å². The molecule has 174 valence electrons. The molecule has 2 aromatic carbocycles. The van der Waals surface area contributed by atoms with E-state index in [2.05, 4.69) is 29.6 Å². The zero-order valence-corrected chi connectivity index (χ0v) is 18.8. The van der Waals surface area contributed by atoms with Gasteiger partial charge in [0, 0.05) is 31.5 Å². The number of benzene rings is 2. The van der Waals surface area contributed by atoms with Gasteiger partial charge in [-0.2, -0.15) is 0 Å². The van der Waals surface area contributed by atoms with Crippen LogP contribution in [0.2, 0.25) is 0 Å². The van der Waals surface area contributed by atoms with E-state index in [0.717, 1.165) is 12.8 Å². The molecule has 0 heterocycles. The minimum Gasteiger partial charge on any atom is -0.481 e. The van der Waals surface area contributed by atoms with Crippen LogP contribution in [0, 0.1) is 5.92 Å². The predicted octanol–water partition coefficient (Wildman–Crippen LogP) is 4.02. The SMILES string of the molecule is CCN(CCC(=O)O)C(=O)CC1CC(NC(=O)OCC2c3ccccc3-c3ccccc32)C1. The van der Waals surface area contributed by atoms with Crippen molar-refractivity contribution < 1.29 is 24.2 Å². The molecule has 2 aromatic rings. The highest BCUT2D eigenvalue weighted by Crippen LogP contribution is 2.44. The van der Waals surface area contributed by atoms with Gasteiger partial charge in [0.05, 0.1) is 6.42 Å². The second-order valence-electron chi connectivity index (χ2n) is 8.83. The summed E-state index contributed by atoms with van der Waals surface area (Å²) >= 11 is 0. The Hall–Kier alpha value is -3.35. The minimum atomic E-state index is -0.905. The predicted molar refractivity (Wildman–Crippen MR) is 124 cm³/mol. The summed E-state index contributed by atoms with van der Waals surface area (Å²) in [5.41, 5.74) is 4.74. The van der Waals surface area contributed by atoms with Crippen LogP contribution in [-0.2, 0) is 14.3 Å². The van der Waals surface area contributed by atoms with Crippen LogP contribution < -0.4 is 5.32 Å². The Morgan fingerprint density at radius 1 is 1.03 bits per heavy atom. The number of ether oxygens (including phenoxy) is 1. The summed E-state index contributed by atoms with van der Waals surface area (Å²) in [5.74, 6) is -0.698. The van der Waals surface area contributed by atoms with Crippen LogP contribution in [0.4, 0.5) is 4.79 Å². The summed E-state index contributed by atoms with van der Waals surface area (Å²) in [6.45, 7) is 2.87. The van der Waals surface area contributed by atoms with E-state index in [0.29, 0.717) is 13.0 Å². The molecule has 0 atom stereocenters. The molecular formula is C26H30N2O5. The minimum absolute atomic E-state index is 0.00699. The molecule has 7 nitrogen and oxygen atoms in total. The second kappa shape index (κ2) is 10.1. The summed E-state index contributed by atoms with van der Waals surface area (Å²) < 4.78 is 5.59. The smallest absolute Gasteiger partial charge is 0.407 e. The fourth-order valence-corrected chi connectivity index (χ4v) is 4.89. The molecular weight excluding hydrogens is 420 g/mol. The molecule has 1 fully saturated rings. The lowest BCUT2D eigenvalue weighted by molar-refractivity contribution is -0.138. The van der Waals surface area contributed by atoms with Crippen molar-refractivity contribution in [1.82, 2.24) is 10.2 Å². The number of amides is 2. The van der Waals surface area contributed by atoms with E-state index in [1.807, 2.05) is 31.2 Å². The highest BCUT2D eigenvalue weighted by atomic mass is 16.5. The van der Waals surface area contributed by atoms with Crippen LogP contribution in [0.5, 0.6) is 0 Å². The molecule has 0 radical (unpaired) electrons. The van der Waals surface area contributed by atoms with Gasteiger partial charge in [-0.15, -0.1) is 0 Å². The Morgan fingerprint density at radius 2 is 1.64 bits per heavy atom. The van der Waals surface area contributed by atoms with E-state index in [4.69, 9.17) is 9.84 Å². The molecule has 0 spiro atoms. The van der Waals surface area contributed by atoms with Crippen molar-refractivity contribution in [3.63, 3.8) is 0 Å². The molecule has 0 bridgehead atoms. The molecule has 7 heteroatoms. The standard InChI is InChI=1S/C26H30N2O5/c1-2-28(12-11-25(30)31)24(29)15-17-13-18(14-17)27-26(32)33-16-23-21-9-5-3-7-19(21)20-8-4-6-10-22(20)23/h3-10,17-18,23H,2,11-16H2,1H3,(H,27,32)(H,30,31).